The van der Waals surface area contributed by atoms with Crippen molar-refractivity contribution in [1.29, 1.82) is 0 Å². The number of halogens is 2. The summed E-state index contributed by atoms with van der Waals surface area (Å²) in [6.45, 7) is 4.67. The number of fused-ring (bicyclic) bond motifs is 1. The Bertz CT molecular complexity index is 1510. The molecule has 2 saturated heterocycles. The van der Waals surface area contributed by atoms with E-state index in [9.17, 15) is 14.3 Å². The standard InChI is InChI=1S/C28H27ClFN5O2/c1-33-10-11-35(28(33)37)25-3-2-17(12-23(25)29)21-15-19(30)16-22(27(21)36)18-13-24-20(4-5-32-24)26(14-18)34-8-6-31-7-9-34/h2-5,12-16,31-32,36H,6-11H2,1H3. The van der Waals surface area contributed by atoms with Crippen LogP contribution in [0.3, 0.4) is 0 Å². The molecule has 3 aromatic carbocycles. The number of anilines is 2. The van der Waals surface area contributed by atoms with E-state index in [0.29, 0.717) is 40.5 Å². The molecule has 37 heavy (non-hydrogen) atoms. The van der Waals surface area contributed by atoms with E-state index in [1.807, 2.05) is 24.4 Å². The molecule has 0 spiro atoms. The van der Waals surface area contributed by atoms with Crippen LogP contribution in [0.25, 0.3) is 33.2 Å². The van der Waals surface area contributed by atoms with Crippen LogP contribution >= 0.6 is 11.6 Å². The third-order valence-electron chi connectivity index (χ3n) is 7.26. The number of piperazine rings is 1. The molecule has 2 fully saturated rings. The second-order valence-electron chi connectivity index (χ2n) is 9.54. The lowest BCUT2D eigenvalue weighted by Crippen LogP contribution is -2.43. The number of carbonyl (C=O) groups is 1. The Morgan fingerprint density at radius 1 is 0.919 bits per heavy atom. The monoisotopic (exact) mass is 519 g/mol. The number of nitrogens with zero attached hydrogens (tertiary/aromatic N) is 3. The first-order chi connectivity index (χ1) is 17.9. The summed E-state index contributed by atoms with van der Waals surface area (Å²) in [5.41, 5.74) is 4.58. The van der Waals surface area contributed by atoms with E-state index in [0.717, 1.165) is 48.3 Å². The zero-order chi connectivity index (χ0) is 25.7. The number of hydrogen-bond donors (Lipinski definition) is 3. The van der Waals surface area contributed by atoms with E-state index in [2.05, 4.69) is 15.2 Å². The van der Waals surface area contributed by atoms with Crippen LogP contribution in [0.4, 0.5) is 20.6 Å². The van der Waals surface area contributed by atoms with Crippen molar-refractivity contribution in [1.82, 2.24) is 15.2 Å². The Morgan fingerprint density at radius 2 is 1.68 bits per heavy atom. The van der Waals surface area contributed by atoms with Gasteiger partial charge in [0.1, 0.15) is 11.6 Å². The van der Waals surface area contributed by atoms with E-state index in [-0.39, 0.29) is 11.8 Å². The second kappa shape index (κ2) is 9.28. The third kappa shape index (κ3) is 4.16. The molecule has 0 unspecified atom stereocenters. The molecule has 0 radical (unpaired) electrons. The van der Waals surface area contributed by atoms with Crippen molar-refractivity contribution in [2.45, 2.75) is 0 Å². The van der Waals surface area contributed by atoms with Gasteiger partial charge in [0.05, 0.1) is 10.7 Å². The van der Waals surface area contributed by atoms with Crippen LogP contribution < -0.4 is 15.1 Å². The molecule has 1 aromatic heterocycles. The number of aromatic hydroxyl groups is 1. The van der Waals surface area contributed by atoms with Crippen molar-refractivity contribution in [2.75, 3.05) is 56.1 Å². The summed E-state index contributed by atoms with van der Waals surface area (Å²) >= 11 is 6.58. The SMILES string of the molecule is CN1CCN(c2ccc(-c3cc(F)cc(-c4cc(N5CCNCC5)c5cc[nH]c5c4)c3O)cc2Cl)C1=O. The van der Waals surface area contributed by atoms with Gasteiger partial charge < -0.3 is 25.2 Å². The maximum absolute atomic E-state index is 15.0. The molecule has 2 aliphatic rings. The molecule has 3 heterocycles. The van der Waals surface area contributed by atoms with E-state index in [4.69, 9.17) is 11.6 Å². The van der Waals surface area contributed by atoms with Crippen LogP contribution in [-0.4, -0.2) is 67.3 Å². The van der Waals surface area contributed by atoms with Crippen LogP contribution in [0, 0.1) is 5.82 Å². The molecular weight excluding hydrogens is 493 g/mol. The van der Waals surface area contributed by atoms with Gasteiger partial charge in [-0.05, 0) is 53.6 Å². The maximum atomic E-state index is 15.0. The van der Waals surface area contributed by atoms with Gasteiger partial charge in [-0.2, -0.15) is 0 Å². The molecule has 7 nitrogen and oxygen atoms in total. The normalized spacial score (nSPS) is 16.3. The number of carbonyl (C=O) groups excluding carboxylic acids is 1. The number of amides is 2. The van der Waals surface area contributed by atoms with Gasteiger partial charge in [-0.3, -0.25) is 4.90 Å². The lowest BCUT2D eigenvalue weighted by molar-refractivity contribution is 0.229. The summed E-state index contributed by atoms with van der Waals surface area (Å²) in [6, 6.07) is 13.7. The molecule has 4 aromatic rings. The number of likely N-dealkylation sites (N-methyl/N-ethyl adjacent to an activating group) is 1. The van der Waals surface area contributed by atoms with Crippen molar-refractivity contribution >= 4 is 39.9 Å². The first-order valence-electron chi connectivity index (χ1n) is 12.3. The molecule has 2 amide bonds. The number of urea groups is 1. The highest BCUT2D eigenvalue weighted by Gasteiger charge is 2.28. The topological polar surface area (TPSA) is 74.8 Å². The second-order valence-corrected chi connectivity index (χ2v) is 9.95. The van der Waals surface area contributed by atoms with E-state index in [1.54, 1.807) is 35.0 Å². The Kier molecular flexibility index (Phi) is 5.93. The number of rotatable bonds is 4. The Balaban J connectivity index is 1.43. The van der Waals surface area contributed by atoms with E-state index in [1.165, 1.54) is 12.1 Å². The average molecular weight is 520 g/mol. The number of aromatic nitrogens is 1. The predicted molar refractivity (Wildman–Crippen MR) is 146 cm³/mol. The first kappa shape index (κ1) is 23.6. The summed E-state index contributed by atoms with van der Waals surface area (Å²) in [4.78, 5) is 21.2. The summed E-state index contributed by atoms with van der Waals surface area (Å²) in [5.74, 6) is -0.492. The van der Waals surface area contributed by atoms with Gasteiger partial charge in [0.25, 0.3) is 0 Å². The third-order valence-corrected chi connectivity index (χ3v) is 7.56. The highest BCUT2D eigenvalue weighted by Crippen LogP contribution is 2.43. The van der Waals surface area contributed by atoms with Crippen molar-refractivity contribution in [3.8, 4) is 28.0 Å². The fourth-order valence-electron chi connectivity index (χ4n) is 5.27. The minimum atomic E-state index is -0.463. The highest BCUT2D eigenvalue weighted by atomic mass is 35.5. The zero-order valence-electron chi connectivity index (χ0n) is 20.4. The molecule has 0 bridgehead atoms. The van der Waals surface area contributed by atoms with Gasteiger partial charge in [-0.25, -0.2) is 9.18 Å². The Morgan fingerprint density at radius 3 is 2.38 bits per heavy atom. The number of hydrogen-bond acceptors (Lipinski definition) is 4. The minimum Gasteiger partial charge on any atom is -0.507 e. The summed E-state index contributed by atoms with van der Waals surface area (Å²) in [5, 5.41) is 16.2. The lowest BCUT2D eigenvalue weighted by Gasteiger charge is -2.30. The summed E-state index contributed by atoms with van der Waals surface area (Å²) < 4.78 is 15.0. The smallest absolute Gasteiger partial charge is 0.324 e. The Labute approximate surface area is 219 Å². The number of phenols is 1. The van der Waals surface area contributed by atoms with Gasteiger partial charge in [0.15, 0.2) is 0 Å². The van der Waals surface area contributed by atoms with Crippen molar-refractivity contribution in [3.63, 3.8) is 0 Å². The van der Waals surface area contributed by atoms with Crippen molar-refractivity contribution in [2.24, 2.45) is 0 Å². The van der Waals surface area contributed by atoms with Crippen LogP contribution in [0.15, 0.2) is 54.7 Å². The molecule has 0 atom stereocenters. The van der Waals surface area contributed by atoms with Crippen LogP contribution in [0.5, 0.6) is 5.75 Å². The number of benzene rings is 3. The van der Waals surface area contributed by atoms with Crippen LogP contribution in [0.2, 0.25) is 5.02 Å². The van der Waals surface area contributed by atoms with E-state index >= 15 is 0 Å². The fraction of sp³-hybridized carbons (Fsp3) is 0.250. The zero-order valence-corrected chi connectivity index (χ0v) is 21.1. The predicted octanol–water partition coefficient (Wildman–Crippen LogP) is 5.28. The summed E-state index contributed by atoms with van der Waals surface area (Å²) in [6.07, 6.45) is 1.89. The summed E-state index contributed by atoms with van der Waals surface area (Å²) in [7, 11) is 1.75. The van der Waals surface area contributed by atoms with Gasteiger partial charge in [-0.15, -0.1) is 0 Å². The molecule has 6 rings (SSSR count). The lowest BCUT2D eigenvalue weighted by atomic mass is 9.95. The number of phenolic OH excluding ortho intramolecular Hbond substituents is 1. The van der Waals surface area contributed by atoms with Gasteiger partial charge in [0.2, 0.25) is 0 Å². The molecule has 0 saturated carbocycles. The quantitative estimate of drug-likeness (QED) is 0.343. The molecular formula is C28H27ClFN5O2. The maximum Gasteiger partial charge on any atom is 0.324 e. The Hall–Kier alpha value is -3.75. The van der Waals surface area contributed by atoms with Crippen molar-refractivity contribution in [3.05, 3.63) is 65.6 Å². The molecule has 0 aliphatic carbocycles. The largest absolute Gasteiger partial charge is 0.507 e. The van der Waals surface area contributed by atoms with Crippen molar-refractivity contribution < 1.29 is 14.3 Å². The van der Waals surface area contributed by atoms with Crippen LogP contribution in [0.1, 0.15) is 0 Å². The minimum absolute atomic E-state index is 0.0284. The molecule has 9 heteroatoms. The fourth-order valence-corrected chi connectivity index (χ4v) is 5.56. The highest BCUT2D eigenvalue weighted by molar-refractivity contribution is 6.34. The van der Waals surface area contributed by atoms with Gasteiger partial charge in [0, 0.05) is 80.2 Å². The molecule has 190 valence electrons. The average Bonchev–Trinajstić information content (AvgIpc) is 3.51. The number of H-pyrrole nitrogens is 1. The van der Waals surface area contributed by atoms with Gasteiger partial charge >= 0.3 is 6.03 Å². The molecule has 2 aliphatic heterocycles. The van der Waals surface area contributed by atoms with Crippen LogP contribution in [-0.2, 0) is 0 Å². The van der Waals surface area contributed by atoms with Gasteiger partial charge in [-0.1, -0.05) is 17.7 Å². The number of nitrogens with one attached hydrogen (secondary N) is 2. The number of aromatic amines is 1. The van der Waals surface area contributed by atoms with E-state index < -0.39 is 5.82 Å². The first-order valence-corrected chi connectivity index (χ1v) is 12.7. The molecule has 3 N–H and O–H groups in total.